The first kappa shape index (κ1) is 67.6. The Hall–Kier alpha value is -3.41. The number of esters is 3. The molecule has 0 aromatic carbocycles. The molecule has 0 saturated heterocycles. The van der Waals surface area contributed by atoms with Crippen LogP contribution in [0.5, 0.6) is 0 Å². The van der Waals surface area contributed by atoms with E-state index in [4.69, 9.17) is 14.2 Å². The third kappa shape index (κ3) is 57.4. The topological polar surface area (TPSA) is 78.9 Å². The van der Waals surface area contributed by atoms with Gasteiger partial charge in [0.1, 0.15) is 13.2 Å². The van der Waals surface area contributed by atoms with E-state index in [0.29, 0.717) is 19.3 Å². The molecule has 0 aliphatic carbocycles. The van der Waals surface area contributed by atoms with Crippen molar-refractivity contribution in [2.75, 3.05) is 13.2 Å². The molecule has 1 unspecified atom stereocenters. The van der Waals surface area contributed by atoms with E-state index >= 15 is 0 Å². The van der Waals surface area contributed by atoms with Gasteiger partial charge in [0.15, 0.2) is 6.10 Å². The van der Waals surface area contributed by atoms with Crippen molar-refractivity contribution in [3.63, 3.8) is 0 Å². The number of rotatable bonds is 54. The van der Waals surface area contributed by atoms with Gasteiger partial charge in [0.2, 0.25) is 0 Å². The highest BCUT2D eigenvalue weighted by molar-refractivity contribution is 5.71. The van der Waals surface area contributed by atoms with E-state index in [1.165, 1.54) is 154 Å². The smallest absolute Gasteiger partial charge is 0.306 e. The molecule has 0 aromatic heterocycles. The standard InChI is InChI=1S/C65H112O6/c1-4-7-10-13-16-19-21-23-25-26-27-28-29-30-31-32-33-34-35-36-37-38-40-41-43-46-49-52-55-58-64(67)70-61-62(60-69-63(66)57-54-51-48-45-18-15-12-9-6-3)71-65(68)59-56-53-50-47-44-42-39-24-22-20-17-14-11-8-5-2/h8,11,17,20-21,23-24,26-27,29-30,39,44,47,62H,4-7,9-10,12-16,18-19,22,25,28,31-38,40-43,45-46,48-61H2,1-3H3/b11-8-,20-17-,23-21-,27-26-,30-29-,39-24-,47-44-. The van der Waals surface area contributed by atoms with Crippen LogP contribution in [0.3, 0.4) is 0 Å². The number of carbonyl (C=O) groups is 3. The maximum absolute atomic E-state index is 12.8. The molecule has 0 rings (SSSR count). The van der Waals surface area contributed by atoms with Gasteiger partial charge in [0.05, 0.1) is 0 Å². The van der Waals surface area contributed by atoms with Crippen molar-refractivity contribution in [2.45, 2.75) is 297 Å². The van der Waals surface area contributed by atoms with Gasteiger partial charge in [-0.3, -0.25) is 14.4 Å². The molecule has 0 aromatic rings. The van der Waals surface area contributed by atoms with Crippen LogP contribution in [-0.2, 0) is 28.6 Å². The summed E-state index contributed by atoms with van der Waals surface area (Å²) in [4.78, 5) is 38.0. The Morgan fingerprint density at radius 1 is 0.296 bits per heavy atom. The Labute approximate surface area is 439 Å². The summed E-state index contributed by atoms with van der Waals surface area (Å²) in [6.07, 6.45) is 77.5. The van der Waals surface area contributed by atoms with Crippen molar-refractivity contribution >= 4 is 17.9 Å². The van der Waals surface area contributed by atoms with Crippen LogP contribution >= 0.6 is 0 Å². The molecule has 71 heavy (non-hydrogen) atoms. The first-order valence-corrected chi connectivity index (χ1v) is 30.1. The van der Waals surface area contributed by atoms with Crippen LogP contribution in [0.1, 0.15) is 290 Å². The molecule has 0 fully saturated rings. The molecule has 0 heterocycles. The molecule has 0 bridgehead atoms. The normalized spacial score (nSPS) is 12.7. The SMILES string of the molecule is CC/C=C\C/C=C\C/C=C\C/C=C\CCCCC(=O)OC(COC(=O)CCCCCCCCCCC)COC(=O)CCCCCCCCCCCCCCCC/C=C\C/C=C\C/C=C\CCCCCCC. The fraction of sp³-hybridized carbons (Fsp3) is 0.738. The number of carbonyl (C=O) groups excluding carboxylic acids is 3. The maximum atomic E-state index is 12.8. The number of hydrogen-bond acceptors (Lipinski definition) is 6. The minimum absolute atomic E-state index is 0.0912. The van der Waals surface area contributed by atoms with Crippen molar-refractivity contribution in [3.8, 4) is 0 Å². The fourth-order valence-electron chi connectivity index (χ4n) is 8.38. The van der Waals surface area contributed by atoms with Crippen molar-refractivity contribution in [1.29, 1.82) is 0 Å². The molecule has 6 nitrogen and oxygen atoms in total. The lowest BCUT2D eigenvalue weighted by Crippen LogP contribution is -2.30. The van der Waals surface area contributed by atoms with Crippen molar-refractivity contribution in [2.24, 2.45) is 0 Å². The minimum atomic E-state index is -0.796. The second-order valence-corrected chi connectivity index (χ2v) is 19.9. The first-order valence-electron chi connectivity index (χ1n) is 30.1. The van der Waals surface area contributed by atoms with Gasteiger partial charge in [-0.25, -0.2) is 0 Å². The lowest BCUT2D eigenvalue weighted by atomic mass is 10.0. The molecule has 0 spiro atoms. The summed E-state index contributed by atoms with van der Waals surface area (Å²) in [5.41, 5.74) is 0. The zero-order valence-corrected chi connectivity index (χ0v) is 46.7. The minimum Gasteiger partial charge on any atom is -0.462 e. The summed E-state index contributed by atoms with van der Waals surface area (Å²) in [5, 5.41) is 0. The Balaban J connectivity index is 4.18. The summed E-state index contributed by atoms with van der Waals surface area (Å²) < 4.78 is 16.8. The van der Waals surface area contributed by atoms with Gasteiger partial charge in [-0.15, -0.1) is 0 Å². The van der Waals surface area contributed by atoms with Crippen LogP contribution in [0.25, 0.3) is 0 Å². The molecule has 0 radical (unpaired) electrons. The van der Waals surface area contributed by atoms with E-state index in [9.17, 15) is 14.4 Å². The van der Waals surface area contributed by atoms with Gasteiger partial charge in [0.25, 0.3) is 0 Å². The average molecular weight is 990 g/mol. The van der Waals surface area contributed by atoms with Gasteiger partial charge in [0, 0.05) is 19.3 Å². The first-order chi connectivity index (χ1) is 35.0. The predicted octanol–water partition coefficient (Wildman–Crippen LogP) is 20.3. The van der Waals surface area contributed by atoms with Gasteiger partial charge in [-0.2, -0.15) is 0 Å². The lowest BCUT2D eigenvalue weighted by molar-refractivity contribution is -0.167. The number of hydrogen-bond donors (Lipinski definition) is 0. The van der Waals surface area contributed by atoms with Gasteiger partial charge >= 0.3 is 17.9 Å². The van der Waals surface area contributed by atoms with Crippen LogP contribution < -0.4 is 0 Å². The van der Waals surface area contributed by atoms with Gasteiger partial charge in [-0.1, -0.05) is 260 Å². The summed E-state index contributed by atoms with van der Waals surface area (Å²) in [7, 11) is 0. The average Bonchev–Trinajstić information content (AvgIpc) is 3.37. The van der Waals surface area contributed by atoms with Gasteiger partial charge in [-0.05, 0) is 96.3 Å². The summed E-state index contributed by atoms with van der Waals surface area (Å²) >= 11 is 0. The van der Waals surface area contributed by atoms with Crippen LogP contribution in [0, 0.1) is 0 Å². The van der Waals surface area contributed by atoms with E-state index in [2.05, 4.69) is 106 Å². The Kier molecular flexibility index (Phi) is 56.3. The van der Waals surface area contributed by atoms with Crippen molar-refractivity contribution in [3.05, 3.63) is 85.1 Å². The quantitative estimate of drug-likeness (QED) is 0.0261. The maximum Gasteiger partial charge on any atom is 0.306 e. The van der Waals surface area contributed by atoms with E-state index in [1.54, 1.807) is 0 Å². The highest BCUT2D eigenvalue weighted by atomic mass is 16.6. The number of allylic oxidation sites excluding steroid dienone is 14. The van der Waals surface area contributed by atoms with Crippen LogP contribution in [0.2, 0.25) is 0 Å². The third-order valence-electron chi connectivity index (χ3n) is 12.9. The lowest BCUT2D eigenvalue weighted by Gasteiger charge is -2.18. The Bertz CT molecular complexity index is 1370. The van der Waals surface area contributed by atoms with E-state index in [-0.39, 0.29) is 37.5 Å². The van der Waals surface area contributed by atoms with E-state index < -0.39 is 6.10 Å². The van der Waals surface area contributed by atoms with E-state index in [1.807, 2.05) is 0 Å². The molecule has 0 N–H and O–H groups in total. The summed E-state index contributed by atoms with van der Waals surface area (Å²) in [5.74, 6) is -0.931. The van der Waals surface area contributed by atoms with Crippen LogP contribution in [-0.4, -0.2) is 37.2 Å². The van der Waals surface area contributed by atoms with Crippen LogP contribution in [0.4, 0.5) is 0 Å². The largest absolute Gasteiger partial charge is 0.462 e. The number of unbranched alkanes of at least 4 members (excludes halogenated alkanes) is 29. The highest BCUT2D eigenvalue weighted by Gasteiger charge is 2.19. The Morgan fingerprint density at radius 3 is 0.887 bits per heavy atom. The van der Waals surface area contributed by atoms with Crippen LogP contribution in [0.15, 0.2) is 85.1 Å². The number of ether oxygens (including phenoxy) is 3. The fourth-order valence-corrected chi connectivity index (χ4v) is 8.38. The molecule has 0 saturated carbocycles. The second kappa shape index (κ2) is 59.2. The molecule has 0 aliphatic rings. The molecular formula is C65H112O6. The molecule has 408 valence electrons. The van der Waals surface area contributed by atoms with E-state index in [0.717, 1.165) is 89.9 Å². The zero-order chi connectivity index (χ0) is 51.4. The van der Waals surface area contributed by atoms with Crippen molar-refractivity contribution < 1.29 is 28.6 Å². The zero-order valence-electron chi connectivity index (χ0n) is 46.7. The van der Waals surface area contributed by atoms with Gasteiger partial charge < -0.3 is 14.2 Å². The summed E-state index contributed by atoms with van der Waals surface area (Å²) in [6, 6.07) is 0. The third-order valence-corrected chi connectivity index (χ3v) is 12.9. The molecular weight excluding hydrogens is 877 g/mol. The molecule has 0 aliphatic heterocycles. The molecule has 6 heteroatoms. The monoisotopic (exact) mass is 989 g/mol. The molecule has 1 atom stereocenters. The predicted molar refractivity (Wildman–Crippen MR) is 307 cm³/mol. The second-order valence-electron chi connectivity index (χ2n) is 19.9. The molecule has 0 amide bonds. The highest BCUT2D eigenvalue weighted by Crippen LogP contribution is 2.16. The van der Waals surface area contributed by atoms with Crippen molar-refractivity contribution in [1.82, 2.24) is 0 Å². The summed E-state index contributed by atoms with van der Waals surface area (Å²) in [6.45, 7) is 6.47. The Morgan fingerprint density at radius 2 is 0.549 bits per heavy atom.